The standard InChI is InChI=1S/C23H36N6O7/c1-5-6-7-15(13-29(36)14-30)19(32)26-18(23(2,3)4)21(34)28-10-8-27(9-11-28)20(33)16-12-17(31)25-22(35)24-16/h12,14-15,18,36H,5-11,13H2,1-4H3,(H,26,32)(H2,24,25,31,35)/t15-,18-/m1/s1. The highest BCUT2D eigenvalue weighted by Crippen LogP contribution is 2.23. The SMILES string of the molecule is CCCC[C@H](CN(O)C=O)C(=O)N[C@H](C(=O)N1CCN(C(=O)c2cc(=O)[nH]c(=O)[nH]2)CC1)C(C)(C)C. The molecular formula is C23H36N6O7. The normalized spacial score (nSPS) is 15.7. The van der Waals surface area contributed by atoms with Gasteiger partial charge in [-0.1, -0.05) is 40.5 Å². The predicted molar refractivity (Wildman–Crippen MR) is 129 cm³/mol. The maximum Gasteiger partial charge on any atom is 0.326 e. The van der Waals surface area contributed by atoms with Crippen LogP contribution in [0.4, 0.5) is 0 Å². The number of carbonyl (C=O) groups excluding carboxylic acids is 4. The number of hydrogen-bond donors (Lipinski definition) is 4. The molecule has 0 spiro atoms. The Kier molecular flexibility index (Phi) is 9.96. The Morgan fingerprint density at radius 2 is 1.75 bits per heavy atom. The molecule has 13 nitrogen and oxygen atoms in total. The van der Waals surface area contributed by atoms with Crippen LogP contribution in [-0.2, 0) is 14.4 Å². The fraction of sp³-hybridized carbons (Fsp3) is 0.652. The molecule has 1 saturated heterocycles. The van der Waals surface area contributed by atoms with Crippen molar-refractivity contribution in [2.24, 2.45) is 11.3 Å². The Morgan fingerprint density at radius 3 is 2.28 bits per heavy atom. The van der Waals surface area contributed by atoms with Crippen LogP contribution in [0.15, 0.2) is 15.7 Å². The van der Waals surface area contributed by atoms with Crippen LogP contribution in [-0.4, -0.2) is 92.9 Å². The Morgan fingerprint density at radius 1 is 1.14 bits per heavy atom. The van der Waals surface area contributed by atoms with Crippen molar-refractivity contribution in [2.75, 3.05) is 32.7 Å². The molecule has 2 atom stereocenters. The summed E-state index contributed by atoms with van der Waals surface area (Å²) < 4.78 is 0. The number of amides is 4. The van der Waals surface area contributed by atoms with E-state index in [1.807, 2.05) is 32.7 Å². The van der Waals surface area contributed by atoms with Crippen molar-refractivity contribution in [3.63, 3.8) is 0 Å². The minimum absolute atomic E-state index is 0.130. The van der Waals surface area contributed by atoms with Gasteiger partial charge in [0.05, 0.1) is 12.5 Å². The predicted octanol–water partition coefficient (Wildman–Crippen LogP) is -0.467. The second-order valence-electron chi connectivity index (χ2n) is 9.99. The van der Waals surface area contributed by atoms with Crippen molar-refractivity contribution in [1.29, 1.82) is 0 Å². The Hall–Kier alpha value is -3.48. The van der Waals surface area contributed by atoms with Crippen LogP contribution in [0.5, 0.6) is 0 Å². The van der Waals surface area contributed by atoms with Crippen LogP contribution in [0.3, 0.4) is 0 Å². The number of nitrogens with zero attached hydrogens (tertiary/aromatic N) is 3. The lowest BCUT2D eigenvalue weighted by atomic mass is 9.85. The molecule has 0 unspecified atom stereocenters. The van der Waals surface area contributed by atoms with Crippen LogP contribution in [0.1, 0.15) is 57.4 Å². The number of hydrogen-bond acceptors (Lipinski definition) is 7. The lowest BCUT2D eigenvalue weighted by Gasteiger charge is -2.39. The summed E-state index contributed by atoms with van der Waals surface area (Å²) in [6.07, 6.45) is 2.23. The highest BCUT2D eigenvalue weighted by atomic mass is 16.5. The van der Waals surface area contributed by atoms with E-state index in [4.69, 9.17) is 0 Å². The molecule has 2 heterocycles. The van der Waals surface area contributed by atoms with Crippen molar-refractivity contribution in [3.8, 4) is 0 Å². The molecule has 36 heavy (non-hydrogen) atoms. The van der Waals surface area contributed by atoms with Crippen molar-refractivity contribution < 1.29 is 24.4 Å². The van der Waals surface area contributed by atoms with E-state index in [9.17, 15) is 34.0 Å². The minimum atomic E-state index is -0.871. The van der Waals surface area contributed by atoms with E-state index >= 15 is 0 Å². The van der Waals surface area contributed by atoms with Gasteiger partial charge in [-0.2, -0.15) is 0 Å². The average Bonchev–Trinajstić information content (AvgIpc) is 2.82. The number of piperazine rings is 1. The Labute approximate surface area is 208 Å². The molecule has 1 aromatic rings. The molecule has 0 saturated carbocycles. The summed E-state index contributed by atoms with van der Waals surface area (Å²) in [5, 5.41) is 12.9. The Balaban J connectivity index is 2.09. The van der Waals surface area contributed by atoms with Gasteiger partial charge in [0.2, 0.25) is 18.2 Å². The number of aromatic amines is 2. The highest BCUT2D eigenvalue weighted by Gasteiger charge is 2.38. The quantitative estimate of drug-likeness (QED) is 0.188. The minimum Gasteiger partial charge on any atom is -0.344 e. The monoisotopic (exact) mass is 508 g/mol. The van der Waals surface area contributed by atoms with E-state index in [2.05, 4.69) is 10.3 Å². The molecule has 0 aliphatic carbocycles. The lowest BCUT2D eigenvalue weighted by Crippen LogP contribution is -2.60. The molecule has 1 aliphatic rings. The third kappa shape index (κ3) is 7.77. The summed E-state index contributed by atoms with van der Waals surface area (Å²) in [6.45, 7) is 8.03. The van der Waals surface area contributed by atoms with Crippen molar-refractivity contribution in [1.82, 2.24) is 30.1 Å². The molecule has 2 rings (SSSR count). The fourth-order valence-corrected chi connectivity index (χ4v) is 4.00. The molecule has 13 heteroatoms. The maximum absolute atomic E-state index is 13.4. The molecule has 1 aromatic heterocycles. The molecular weight excluding hydrogens is 472 g/mol. The van der Waals surface area contributed by atoms with Gasteiger partial charge in [0.25, 0.3) is 11.5 Å². The number of hydroxylamine groups is 2. The van der Waals surface area contributed by atoms with E-state index in [-0.39, 0.29) is 50.7 Å². The van der Waals surface area contributed by atoms with Gasteiger partial charge in [0, 0.05) is 32.2 Å². The number of carbonyl (C=O) groups is 4. The topological polar surface area (TPSA) is 176 Å². The second-order valence-corrected chi connectivity index (χ2v) is 9.99. The van der Waals surface area contributed by atoms with E-state index in [1.165, 1.54) is 4.90 Å². The molecule has 0 bridgehead atoms. The molecule has 1 fully saturated rings. The van der Waals surface area contributed by atoms with Gasteiger partial charge in [-0.15, -0.1) is 0 Å². The third-order valence-electron chi connectivity index (χ3n) is 6.07. The first-order valence-electron chi connectivity index (χ1n) is 12.0. The van der Waals surface area contributed by atoms with Crippen LogP contribution >= 0.6 is 0 Å². The number of H-pyrrole nitrogens is 2. The van der Waals surface area contributed by atoms with E-state index < -0.39 is 40.4 Å². The first-order chi connectivity index (χ1) is 16.9. The lowest BCUT2D eigenvalue weighted by molar-refractivity contribution is -0.155. The summed E-state index contributed by atoms with van der Waals surface area (Å²) >= 11 is 0. The third-order valence-corrected chi connectivity index (χ3v) is 6.07. The van der Waals surface area contributed by atoms with E-state index in [1.54, 1.807) is 4.90 Å². The van der Waals surface area contributed by atoms with Crippen molar-refractivity contribution >= 4 is 24.1 Å². The zero-order chi connectivity index (χ0) is 27.0. The summed E-state index contributed by atoms with van der Waals surface area (Å²) in [7, 11) is 0. The first-order valence-corrected chi connectivity index (χ1v) is 12.0. The van der Waals surface area contributed by atoms with Crippen molar-refractivity contribution in [3.05, 3.63) is 32.6 Å². The smallest absolute Gasteiger partial charge is 0.326 e. The maximum atomic E-state index is 13.4. The van der Waals surface area contributed by atoms with Gasteiger partial charge in [0.15, 0.2) is 0 Å². The van der Waals surface area contributed by atoms with Crippen LogP contribution < -0.4 is 16.6 Å². The van der Waals surface area contributed by atoms with Crippen molar-refractivity contribution in [2.45, 2.75) is 53.0 Å². The zero-order valence-corrected chi connectivity index (χ0v) is 21.2. The molecule has 200 valence electrons. The largest absolute Gasteiger partial charge is 0.344 e. The van der Waals surface area contributed by atoms with Gasteiger partial charge in [-0.3, -0.25) is 34.2 Å². The van der Waals surface area contributed by atoms with Crippen LogP contribution in [0.25, 0.3) is 0 Å². The number of unbranched alkanes of at least 4 members (excludes halogenated alkanes) is 1. The van der Waals surface area contributed by atoms with Crippen LogP contribution in [0.2, 0.25) is 0 Å². The van der Waals surface area contributed by atoms with Gasteiger partial charge in [-0.05, 0) is 11.8 Å². The zero-order valence-electron chi connectivity index (χ0n) is 21.2. The second kappa shape index (κ2) is 12.5. The van der Waals surface area contributed by atoms with Crippen LogP contribution in [0, 0.1) is 11.3 Å². The molecule has 4 N–H and O–H groups in total. The highest BCUT2D eigenvalue weighted by molar-refractivity contribution is 5.93. The number of aromatic nitrogens is 2. The summed E-state index contributed by atoms with van der Waals surface area (Å²) in [4.78, 5) is 80.3. The molecule has 0 radical (unpaired) electrons. The number of rotatable bonds is 10. The van der Waals surface area contributed by atoms with Gasteiger partial charge in [-0.25, -0.2) is 9.86 Å². The average molecular weight is 509 g/mol. The van der Waals surface area contributed by atoms with Gasteiger partial charge >= 0.3 is 5.69 Å². The summed E-state index contributed by atoms with van der Waals surface area (Å²) in [5.41, 5.74) is -2.23. The molecule has 0 aromatic carbocycles. The summed E-state index contributed by atoms with van der Waals surface area (Å²) in [5.74, 6) is -1.93. The first kappa shape index (κ1) is 28.8. The molecule has 4 amide bonds. The van der Waals surface area contributed by atoms with Gasteiger partial charge < -0.3 is 20.1 Å². The Bertz CT molecular complexity index is 1020. The fourth-order valence-electron chi connectivity index (χ4n) is 4.00. The van der Waals surface area contributed by atoms with E-state index in [0.717, 1.165) is 12.5 Å². The number of nitrogens with one attached hydrogen (secondary N) is 3. The molecule has 1 aliphatic heterocycles. The van der Waals surface area contributed by atoms with E-state index in [0.29, 0.717) is 17.9 Å². The van der Waals surface area contributed by atoms with Gasteiger partial charge in [0.1, 0.15) is 11.7 Å². The summed E-state index contributed by atoms with van der Waals surface area (Å²) in [6, 6.07) is 0.142.